The highest BCUT2D eigenvalue weighted by Crippen LogP contribution is 2.18. The zero-order valence-electron chi connectivity index (χ0n) is 11.8. The Hall–Kier alpha value is -1.66. The largest absolute Gasteiger partial charge is 0.379 e. The number of nitro groups is 1. The van der Waals surface area contributed by atoms with Crippen molar-refractivity contribution < 1.29 is 9.66 Å². The van der Waals surface area contributed by atoms with E-state index >= 15 is 0 Å². The summed E-state index contributed by atoms with van der Waals surface area (Å²) in [6.07, 6.45) is 1.08. The van der Waals surface area contributed by atoms with E-state index < -0.39 is 0 Å². The summed E-state index contributed by atoms with van der Waals surface area (Å²) in [6, 6.07) is 6.70. The van der Waals surface area contributed by atoms with Crippen LogP contribution in [0.5, 0.6) is 0 Å². The normalized spacial score (nSPS) is 16.1. The fraction of sp³-hybridized carbons (Fsp3) is 0.571. The second-order valence-electron chi connectivity index (χ2n) is 5.00. The highest BCUT2D eigenvalue weighted by molar-refractivity contribution is 5.50. The maximum Gasteiger partial charge on any atom is 0.269 e. The minimum absolute atomic E-state index is 0.135. The quantitative estimate of drug-likeness (QED) is 0.586. The summed E-state index contributed by atoms with van der Waals surface area (Å²) in [5.41, 5.74) is 1.15. The molecule has 0 aromatic heterocycles. The minimum Gasteiger partial charge on any atom is -0.379 e. The second-order valence-corrected chi connectivity index (χ2v) is 5.00. The summed E-state index contributed by atoms with van der Waals surface area (Å²) in [7, 11) is 2.01. The Bertz CT molecular complexity index is 430. The molecule has 0 unspecified atom stereocenters. The average molecular weight is 279 g/mol. The number of hydrogen-bond acceptors (Lipinski definition) is 5. The average Bonchev–Trinajstić information content (AvgIpc) is 2.48. The van der Waals surface area contributed by atoms with Gasteiger partial charge in [-0.1, -0.05) is 0 Å². The van der Waals surface area contributed by atoms with E-state index in [0.717, 1.165) is 51.5 Å². The van der Waals surface area contributed by atoms with Crippen molar-refractivity contribution in [3.8, 4) is 0 Å². The fourth-order valence-corrected chi connectivity index (χ4v) is 2.31. The number of hydrogen-bond donors (Lipinski definition) is 0. The van der Waals surface area contributed by atoms with Gasteiger partial charge in [0.15, 0.2) is 0 Å². The highest BCUT2D eigenvalue weighted by Gasteiger charge is 2.10. The van der Waals surface area contributed by atoms with Gasteiger partial charge in [-0.15, -0.1) is 0 Å². The Labute approximate surface area is 119 Å². The van der Waals surface area contributed by atoms with Crippen LogP contribution in [0.4, 0.5) is 11.4 Å². The molecule has 1 aromatic carbocycles. The molecule has 1 fully saturated rings. The number of rotatable bonds is 6. The van der Waals surface area contributed by atoms with Crippen molar-refractivity contribution in [2.45, 2.75) is 6.42 Å². The van der Waals surface area contributed by atoms with Crippen LogP contribution in [-0.4, -0.2) is 56.3 Å². The van der Waals surface area contributed by atoms with Gasteiger partial charge in [-0.3, -0.25) is 15.0 Å². The Morgan fingerprint density at radius 3 is 2.55 bits per heavy atom. The van der Waals surface area contributed by atoms with Crippen LogP contribution in [0, 0.1) is 10.1 Å². The van der Waals surface area contributed by atoms with E-state index in [1.807, 2.05) is 7.05 Å². The van der Waals surface area contributed by atoms with Gasteiger partial charge in [0.2, 0.25) is 0 Å². The van der Waals surface area contributed by atoms with Gasteiger partial charge < -0.3 is 9.64 Å². The predicted molar refractivity (Wildman–Crippen MR) is 78.2 cm³/mol. The molecule has 0 aliphatic carbocycles. The topological polar surface area (TPSA) is 58.8 Å². The van der Waals surface area contributed by atoms with E-state index in [0.29, 0.717) is 0 Å². The minimum atomic E-state index is -0.373. The summed E-state index contributed by atoms with van der Waals surface area (Å²) in [5, 5.41) is 10.6. The molecule has 1 aliphatic heterocycles. The molecule has 1 aliphatic rings. The van der Waals surface area contributed by atoms with Crippen LogP contribution in [0.1, 0.15) is 6.42 Å². The van der Waals surface area contributed by atoms with Crippen molar-refractivity contribution in [3.05, 3.63) is 34.4 Å². The van der Waals surface area contributed by atoms with Gasteiger partial charge in [0, 0.05) is 51.0 Å². The first-order valence-corrected chi connectivity index (χ1v) is 6.92. The van der Waals surface area contributed by atoms with Crippen LogP contribution in [-0.2, 0) is 4.74 Å². The van der Waals surface area contributed by atoms with E-state index in [9.17, 15) is 10.1 Å². The third-order valence-electron chi connectivity index (χ3n) is 3.57. The zero-order valence-corrected chi connectivity index (χ0v) is 11.8. The standard InChI is InChI=1S/C14H21N3O3/c1-15(7-2-8-16-9-11-20-12-10-16)13-3-5-14(6-4-13)17(18)19/h3-6H,2,7-12H2,1H3. The molecule has 1 aromatic rings. The number of anilines is 1. The Morgan fingerprint density at radius 1 is 1.30 bits per heavy atom. The Balaban J connectivity index is 1.76. The van der Waals surface area contributed by atoms with E-state index in [1.54, 1.807) is 24.3 Å². The van der Waals surface area contributed by atoms with Crippen molar-refractivity contribution >= 4 is 11.4 Å². The molecule has 1 saturated heterocycles. The van der Waals surface area contributed by atoms with Gasteiger partial charge in [-0.25, -0.2) is 0 Å². The molecular formula is C14H21N3O3. The van der Waals surface area contributed by atoms with Gasteiger partial charge in [0.25, 0.3) is 5.69 Å². The molecule has 1 heterocycles. The van der Waals surface area contributed by atoms with Crippen LogP contribution in [0.25, 0.3) is 0 Å². The lowest BCUT2D eigenvalue weighted by atomic mass is 10.2. The van der Waals surface area contributed by atoms with Gasteiger partial charge in [-0.05, 0) is 18.6 Å². The second kappa shape index (κ2) is 7.21. The number of nitro benzene ring substituents is 1. The summed E-state index contributed by atoms with van der Waals surface area (Å²) in [5.74, 6) is 0. The molecule has 0 saturated carbocycles. The molecule has 0 bridgehead atoms. The number of benzene rings is 1. The molecule has 2 rings (SSSR count). The lowest BCUT2D eigenvalue weighted by molar-refractivity contribution is -0.384. The van der Waals surface area contributed by atoms with Crippen molar-refractivity contribution in [2.75, 3.05) is 51.3 Å². The van der Waals surface area contributed by atoms with Crippen LogP contribution >= 0.6 is 0 Å². The molecule has 20 heavy (non-hydrogen) atoms. The molecule has 0 radical (unpaired) electrons. The van der Waals surface area contributed by atoms with Crippen LogP contribution in [0.15, 0.2) is 24.3 Å². The molecule has 0 N–H and O–H groups in total. The SMILES string of the molecule is CN(CCCN1CCOCC1)c1ccc([N+](=O)[O-])cc1. The first-order chi connectivity index (χ1) is 9.66. The smallest absolute Gasteiger partial charge is 0.269 e. The fourth-order valence-electron chi connectivity index (χ4n) is 2.31. The van der Waals surface area contributed by atoms with E-state index in [2.05, 4.69) is 9.80 Å². The molecule has 0 spiro atoms. The summed E-state index contributed by atoms with van der Waals surface area (Å²) in [4.78, 5) is 14.8. The van der Waals surface area contributed by atoms with Gasteiger partial charge >= 0.3 is 0 Å². The number of morpholine rings is 1. The zero-order chi connectivity index (χ0) is 14.4. The molecule has 110 valence electrons. The maximum atomic E-state index is 10.6. The van der Waals surface area contributed by atoms with Crippen molar-refractivity contribution in [1.82, 2.24) is 4.90 Å². The summed E-state index contributed by atoms with van der Waals surface area (Å²) in [6.45, 7) is 5.70. The van der Waals surface area contributed by atoms with E-state index in [1.165, 1.54) is 0 Å². The third kappa shape index (κ3) is 4.18. The molecular weight excluding hydrogens is 258 g/mol. The van der Waals surface area contributed by atoms with Crippen LogP contribution in [0.2, 0.25) is 0 Å². The predicted octanol–water partition coefficient (Wildman–Crippen LogP) is 1.75. The van der Waals surface area contributed by atoms with Gasteiger partial charge in [0.05, 0.1) is 18.1 Å². The number of nitrogens with zero attached hydrogens (tertiary/aromatic N) is 3. The molecule has 0 atom stereocenters. The van der Waals surface area contributed by atoms with Crippen molar-refractivity contribution in [1.29, 1.82) is 0 Å². The van der Waals surface area contributed by atoms with E-state index in [4.69, 9.17) is 4.74 Å². The molecule has 6 heteroatoms. The highest BCUT2D eigenvalue weighted by atomic mass is 16.6. The number of ether oxygens (including phenoxy) is 1. The van der Waals surface area contributed by atoms with Crippen LogP contribution < -0.4 is 4.90 Å². The molecule has 0 amide bonds. The lowest BCUT2D eigenvalue weighted by Crippen LogP contribution is -2.37. The van der Waals surface area contributed by atoms with Gasteiger partial charge in [-0.2, -0.15) is 0 Å². The Kier molecular flexibility index (Phi) is 5.31. The van der Waals surface area contributed by atoms with Gasteiger partial charge in [0.1, 0.15) is 0 Å². The van der Waals surface area contributed by atoms with Crippen LogP contribution in [0.3, 0.4) is 0 Å². The summed E-state index contributed by atoms with van der Waals surface area (Å²) >= 11 is 0. The third-order valence-corrected chi connectivity index (χ3v) is 3.57. The maximum absolute atomic E-state index is 10.6. The monoisotopic (exact) mass is 279 g/mol. The first-order valence-electron chi connectivity index (χ1n) is 6.92. The lowest BCUT2D eigenvalue weighted by Gasteiger charge is -2.27. The van der Waals surface area contributed by atoms with Crippen molar-refractivity contribution in [2.24, 2.45) is 0 Å². The molecule has 6 nitrogen and oxygen atoms in total. The van der Waals surface area contributed by atoms with Crippen molar-refractivity contribution in [3.63, 3.8) is 0 Å². The Morgan fingerprint density at radius 2 is 1.95 bits per heavy atom. The first kappa shape index (κ1) is 14.7. The number of non-ortho nitro benzene ring substituents is 1. The van der Waals surface area contributed by atoms with E-state index in [-0.39, 0.29) is 10.6 Å². The summed E-state index contributed by atoms with van der Waals surface area (Å²) < 4.78 is 5.32.